The summed E-state index contributed by atoms with van der Waals surface area (Å²) in [6.07, 6.45) is 2.39. The molecule has 9 heteroatoms. The maximum absolute atomic E-state index is 14.1. The molecule has 4 heterocycles. The fourth-order valence-corrected chi connectivity index (χ4v) is 4.16. The Hall–Kier alpha value is -2.81. The van der Waals surface area contributed by atoms with Crippen LogP contribution in [0.25, 0.3) is 10.8 Å². The number of aryl methyl sites for hydroxylation is 1. The summed E-state index contributed by atoms with van der Waals surface area (Å²) in [6.45, 7) is 1.31. The Labute approximate surface area is 147 Å². The fourth-order valence-electron chi connectivity index (χ4n) is 4.16. The first-order chi connectivity index (χ1) is 12.6. The Morgan fingerprint density at radius 3 is 3.00 bits per heavy atom. The lowest BCUT2D eigenvalue weighted by Gasteiger charge is -2.36. The maximum atomic E-state index is 14.1. The van der Waals surface area contributed by atoms with E-state index in [2.05, 4.69) is 25.6 Å². The molecule has 0 bridgehead atoms. The molecule has 0 aliphatic carbocycles. The van der Waals surface area contributed by atoms with E-state index in [4.69, 9.17) is 4.74 Å². The number of nitrogens with one attached hydrogen (secondary N) is 2. The Balaban J connectivity index is 1.79. The Kier molecular flexibility index (Phi) is 3.33. The van der Waals surface area contributed by atoms with Crippen LogP contribution in [-0.2, 0) is 11.8 Å². The third-order valence-electron chi connectivity index (χ3n) is 5.36. The predicted octanol–water partition coefficient (Wildman–Crippen LogP) is 1.15. The van der Waals surface area contributed by atoms with Crippen molar-refractivity contribution in [2.24, 2.45) is 13.0 Å². The number of aromatic amines is 1. The van der Waals surface area contributed by atoms with E-state index in [-0.39, 0.29) is 23.3 Å². The molecule has 26 heavy (non-hydrogen) atoms. The average molecular weight is 356 g/mol. The molecular formula is C17H17FN6O2. The Morgan fingerprint density at radius 2 is 2.27 bits per heavy atom. The molecule has 134 valence electrons. The monoisotopic (exact) mass is 356 g/mol. The molecule has 2 N–H and O–H groups in total. The lowest BCUT2D eigenvalue weighted by Crippen LogP contribution is -2.41. The SMILES string of the molecule is Cn1ncnc1[C@H]1c2n[nH]c(=O)c3cc(F)cc(c23)N[C@@H]1[C@H]1CCOC1. The van der Waals surface area contributed by atoms with E-state index in [9.17, 15) is 9.18 Å². The highest BCUT2D eigenvalue weighted by atomic mass is 19.1. The van der Waals surface area contributed by atoms with Crippen molar-refractivity contribution in [3.8, 4) is 0 Å². The molecule has 0 spiro atoms. The van der Waals surface area contributed by atoms with Crippen molar-refractivity contribution >= 4 is 16.5 Å². The highest BCUT2D eigenvalue weighted by molar-refractivity contribution is 5.97. The van der Waals surface area contributed by atoms with Crippen molar-refractivity contribution in [3.05, 3.63) is 46.1 Å². The van der Waals surface area contributed by atoms with E-state index in [0.29, 0.717) is 30.0 Å². The molecule has 2 aliphatic heterocycles. The molecule has 1 aromatic carbocycles. The number of H-pyrrole nitrogens is 1. The van der Waals surface area contributed by atoms with Crippen LogP contribution in [-0.4, -0.2) is 44.2 Å². The molecular weight excluding hydrogens is 339 g/mol. The summed E-state index contributed by atoms with van der Waals surface area (Å²) in [4.78, 5) is 16.6. The van der Waals surface area contributed by atoms with Crippen molar-refractivity contribution in [2.45, 2.75) is 18.4 Å². The summed E-state index contributed by atoms with van der Waals surface area (Å²) in [5, 5.41) is 15.4. The van der Waals surface area contributed by atoms with Gasteiger partial charge in [0.25, 0.3) is 5.56 Å². The third-order valence-corrected chi connectivity index (χ3v) is 5.36. The van der Waals surface area contributed by atoms with Crippen molar-refractivity contribution in [3.63, 3.8) is 0 Å². The number of halogens is 1. The van der Waals surface area contributed by atoms with Gasteiger partial charge in [-0.3, -0.25) is 9.48 Å². The largest absolute Gasteiger partial charge is 0.381 e. The van der Waals surface area contributed by atoms with Gasteiger partial charge in [0.2, 0.25) is 0 Å². The summed E-state index contributed by atoms with van der Waals surface area (Å²) < 4.78 is 21.4. The zero-order valence-corrected chi connectivity index (χ0v) is 14.1. The second kappa shape index (κ2) is 5.60. The number of nitrogens with zero attached hydrogens (tertiary/aromatic N) is 4. The topological polar surface area (TPSA) is 97.7 Å². The van der Waals surface area contributed by atoms with Gasteiger partial charge in [-0.25, -0.2) is 14.5 Å². The van der Waals surface area contributed by atoms with Gasteiger partial charge in [-0.2, -0.15) is 10.2 Å². The van der Waals surface area contributed by atoms with Crippen molar-refractivity contribution in [2.75, 3.05) is 18.5 Å². The molecule has 5 rings (SSSR count). The van der Waals surface area contributed by atoms with Gasteiger partial charge in [0.05, 0.1) is 23.6 Å². The zero-order valence-electron chi connectivity index (χ0n) is 14.1. The first-order valence-corrected chi connectivity index (χ1v) is 8.53. The number of benzene rings is 1. The fraction of sp³-hybridized carbons (Fsp3) is 0.412. The minimum absolute atomic E-state index is 0.0868. The van der Waals surface area contributed by atoms with Crippen LogP contribution < -0.4 is 10.9 Å². The van der Waals surface area contributed by atoms with Crippen molar-refractivity contribution in [1.82, 2.24) is 25.0 Å². The molecule has 0 saturated carbocycles. The number of hydrogen-bond donors (Lipinski definition) is 2. The van der Waals surface area contributed by atoms with Gasteiger partial charge in [0.15, 0.2) is 0 Å². The van der Waals surface area contributed by atoms with Crippen LogP contribution in [0.4, 0.5) is 10.1 Å². The van der Waals surface area contributed by atoms with Crippen molar-refractivity contribution < 1.29 is 9.13 Å². The Morgan fingerprint density at radius 1 is 1.38 bits per heavy atom. The van der Waals surface area contributed by atoms with E-state index in [0.717, 1.165) is 12.2 Å². The molecule has 0 amide bonds. The summed E-state index contributed by atoms with van der Waals surface area (Å²) in [5.74, 6) is 0.273. The quantitative estimate of drug-likeness (QED) is 0.715. The number of ether oxygens (including phenoxy) is 1. The minimum atomic E-state index is -0.457. The van der Waals surface area contributed by atoms with Gasteiger partial charge in [-0.05, 0) is 18.6 Å². The third kappa shape index (κ3) is 2.16. The lowest BCUT2D eigenvalue weighted by atomic mass is 9.80. The van der Waals surface area contributed by atoms with Crippen LogP contribution in [0.2, 0.25) is 0 Å². The molecule has 3 aromatic rings. The summed E-state index contributed by atoms with van der Waals surface area (Å²) in [5.41, 5.74) is 0.857. The van der Waals surface area contributed by atoms with E-state index in [1.165, 1.54) is 18.5 Å². The van der Waals surface area contributed by atoms with Gasteiger partial charge in [0.1, 0.15) is 18.0 Å². The first-order valence-electron chi connectivity index (χ1n) is 8.53. The molecule has 0 radical (unpaired) electrons. The standard InChI is InChI=1S/C17H17FN6O2/c1-24-16(19-7-20-24)13-14(8-2-3-26-6-8)21-11-5-9(18)4-10-12(11)15(13)22-23-17(10)25/h4-5,7-8,13-14,21H,2-3,6H2,1H3,(H,23,25)/t8-,13+,14+/m0/s1. The maximum Gasteiger partial charge on any atom is 0.272 e. The summed E-state index contributed by atoms with van der Waals surface area (Å²) >= 11 is 0. The molecule has 8 nitrogen and oxygen atoms in total. The van der Waals surface area contributed by atoms with Crippen LogP contribution in [0.3, 0.4) is 0 Å². The lowest BCUT2D eigenvalue weighted by molar-refractivity contribution is 0.180. The number of aromatic nitrogens is 5. The molecule has 1 saturated heterocycles. The van der Waals surface area contributed by atoms with Crippen LogP contribution in [0.5, 0.6) is 0 Å². The smallest absolute Gasteiger partial charge is 0.272 e. The second-order valence-electron chi connectivity index (χ2n) is 6.83. The van der Waals surface area contributed by atoms with Gasteiger partial charge >= 0.3 is 0 Å². The Bertz CT molecular complexity index is 1060. The summed E-state index contributed by atoms with van der Waals surface area (Å²) in [7, 11) is 1.83. The van der Waals surface area contributed by atoms with E-state index in [1.54, 1.807) is 4.68 Å². The van der Waals surface area contributed by atoms with Gasteiger partial charge in [-0.1, -0.05) is 0 Å². The minimum Gasteiger partial charge on any atom is -0.381 e. The van der Waals surface area contributed by atoms with Crippen LogP contribution >= 0.6 is 0 Å². The zero-order chi connectivity index (χ0) is 17.8. The molecule has 3 atom stereocenters. The summed E-state index contributed by atoms with van der Waals surface area (Å²) in [6, 6.07) is 2.58. The van der Waals surface area contributed by atoms with E-state index in [1.807, 2.05) is 7.05 Å². The highest BCUT2D eigenvalue weighted by Crippen LogP contribution is 2.43. The predicted molar refractivity (Wildman–Crippen MR) is 91.5 cm³/mol. The normalized spacial score (nSPS) is 24.8. The van der Waals surface area contributed by atoms with Crippen LogP contribution in [0, 0.1) is 11.7 Å². The molecule has 1 fully saturated rings. The highest BCUT2D eigenvalue weighted by Gasteiger charge is 2.41. The van der Waals surface area contributed by atoms with Gasteiger partial charge in [-0.15, -0.1) is 0 Å². The molecule has 2 aliphatic rings. The number of anilines is 1. The first kappa shape index (κ1) is 15.4. The van der Waals surface area contributed by atoms with Crippen LogP contribution in [0.1, 0.15) is 23.9 Å². The van der Waals surface area contributed by atoms with Crippen molar-refractivity contribution in [1.29, 1.82) is 0 Å². The van der Waals surface area contributed by atoms with E-state index >= 15 is 0 Å². The van der Waals surface area contributed by atoms with Crippen LogP contribution in [0.15, 0.2) is 23.3 Å². The van der Waals surface area contributed by atoms with Gasteiger partial charge < -0.3 is 10.1 Å². The second-order valence-corrected chi connectivity index (χ2v) is 6.83. The van der Waals surface area contributed by atoms with Gasteiger partial charge in [0, 0.05) is 36.7 Å². The number of hydrogen-bond acceptors (Lipinski definition) is 6. The molecule has 0 unspecified atom stereocenters. The average Bonchev–Trinajstić information content (AvgIpc) is 3.29. The molecule has 2 aromatic heterocycles. The number of rotatable bonds is 2. The van der Waals surface area contributed by atoms with E-state index < -0.39 is 11.4 Å².